The summed E-state index contributed by atoms with van der Waals surface area (Å²) in [6, 6.07) is 22.3. The van der Waals surface area contributed by atoms with E-state index in [1.165, 1.54) is 22.3 Å². The average molecular weight is 506 g/mol. The molecule has 1 aromatic heterocycles. The number of rotatable bonds is 8. The second kappa shape index (κ2) is 11.0. The van der Waals surface area contributed by atoms with Crippen molar-refractivity contribution in [1.82, 2.24) is 9.13 Å². The van der Waals surface area contributed by atoms with E-state index >= 15 is 0 Å². The van der Waals surface area contributed by atoms with Gasteiger partial charge >= 0.3 is 11.7 Å². The lowest BCUT2D eigenvalue weighted by Crippen LogP contribution is -2.40. The first-order valence-electron chi connectivity index (χ1n) is 11.2. The summed E-state index contributed by atoms with van der Waals surface area (Å²) in [5, 5.41) is 3.77. The van der Waals surface area contributed by atoms with Crippen molar-refractivity contribution in [3.63, 3.8) is 0 Å². The van der Waals surface area contributed by atoms with Crippen LogP contribution in [-0.4, -0.2) is 22.2 Å². The Balaban J connectivity index is 1.58. The number of carbonyl (C=O) groups excluding carboxylic acids is 1. The molecule has 0 bridgehead atoms. The Morgan fingerprint density at radius 2 is 1.64 bits per heavy atom. The molecule has 3 aromatic carbocycles. The fraction of sp³-hybridized carbons (Fsp3) is 0.148. The van der Waals surface area contributed by atoms with E-state index < -0.39 is 11.7 Å². The van der Waals surface area contributed by atoms with Crippen molar-refractivity contribution >= 4 is 29.1 Å². The highest BCUT2D eigenvalue weighted by atomic mass is 35.5. The molecule has 1 heterocycles. The standard InChI is InChI=1S/C27H24ClN3O5/c1-3-30-25(32)16-24(31(27(30)34)17-18-7-9-20(28)10-8-18)29-21-11-13-22(14-12-21)36-23-6-4-5-19(15-23)26(33)35-2/h4-16,29H,3,17H2,1-2H3. The van der Waals surface area contributed by atoms with Crippen LogP contribution in [0.1, 0.15) is 22.8 Å². The Morgan fingerprint density at radius 3 is 2.31 bits per heavy atom. The zero-order chi connectivity index (χ0) is 25.7. The Hall–Kier alpha value is -4.30. The molecule has 0 unspecified atom stereocenters. The molecular formula is C27H24ClN3O5. The lowest BCUT2D eigenvalue weighted by atomic mass is 10.2. The summed E-state index contributed by atoms with van der Waals surface area (Å²) >= 11 is 5.99. The van der Waals surface area contributed by atoms with Gasteiger partial charge in [0.05, 0.1) is 19.2 Å². The molecule has 4 aromatic rings. The quantitative estimate of drug-likeness (QED) is 0.337. The maximum atomic E-state index is 13.1. The Bertz CT molecular complexity index is 1490. The topological polar surface area (TPSA) is 91.6 Å². The van der Waals surface area contributed by atoms with Crippen LogP contribution in [0.2, 0.25) is 5.02 Å². The summed E-state index contributed by atoms with van der Waals surface area (Å²) < 4.78 is 13.3. The average Bonchev–Trinajstić information content (AvgIpc) is 2.88. The number of esters is 1. The van der Waals surface area contributed by atoms with Gasteiger partial charge in [0.15, 0.2) is 0 Å². The van der Waals surface area contributed by atoms with Gasteiger partial charge in [-0.3, -0.25) is 13.9 Å². The summed E-state index contributed by atoms with van der Waals surface area (Å²) in [6.07, 6.45) is 0. The highest BCUT2D eigenvalue weighted by molar-refractivity contribution is 6.30. The van der Waals surface area contributed by atoms with Gasteiger partial charge in [0.25, 0.3) is 5.56 Å². The molecular weight excluding hydrogens is 482 g/mol. The number of ether oxygens (including phenoxy) is 2. The number of methoxy groups -OCH3 is 1. The van der Waals surface area contributed by atoms with E-state index in [1.807, 2.05) is 12.1 Å². The number of anilines is 2. The lowest BCUT2D eigenvalue weighted by molar-refractivity contribution is 0.0600. The molecule has 1 N–H and O–H groups in total. The summed E-state index contributed by atoms with van der Waals surface area (Å²) in [7, 11) is 1.32. The lowest BCUT2D eigenvalue weighted by Gasteiger charge is -2.17. The fourth-order valence-electron chi connectivity index (χ4n) is 3.63. The minimum atomic E-state index is -0.449. The maximum Gasteiger partial charge on any atom is 0.337 e. The first kappa shape index (κ1) is 24.8. The van der Waals surface area contributed by atoms with E-state index in [0.717, 1.165) is 5.56 Å². The van der Waals surface area contributed by atoms with Crippen molar-refractivity contribution in [3.8, 4) is 11.5 Å². The minimum absolute atomic E-state index is 0.260. The van der Waals surface area contributed by atoms with Gasteiger partial charge in [-0.05, 0) is 67.1 Å². The van der Waals surface area contributed by atoms with Gasteiger partial charge in [-0.25, -0.2) is 9.59 Å². The zero-order valence-corrected chi connectivity index (χ0v) is 20.5. The van der Waals surface area contributed by atoms with Gasteiger partial charge in [0.1, 0.15) is 17.3 Å². The van der Waals surface area contributed by atoms with E-state index in [2.05, 4.69) is 5.32 Å². The predicted octanol–water partition coefficient (Wildman–Crippen LogP) is 5.05. The Kier molecular flexibility index (Phi) is 7.56. The highest BCUT2D eigenvalue weighted by Gasteiger charge is 2.12. The molecule has 0 aliphatic rings. The van der Waals surface area contributed by atoms with Gasteiger partial charge in [-0.15, -0.1) is 0 Å². The molecule has 0 amide bonds. The second-order valence-corrected chi connectivity index (χ2v) is 8.31. The largest absolute Gasteiger partial charge is 0.465 e. The van der Waals surface area contributed by atoms with Crippen molar-refractivity contribution in [2.45, 2.75) is 20.0 Å². The first-order valence-corrected chi connectivity index (χ1v) is 11.6. The number of nitrogens with one attached hydrogen (secondary N) is 1. The van der Waals surface area contributed by atoms with E-state index in [0.29, 0.717) is 33.6 Å². The van der Waals surface area contributed by atoms with Gasteiger partial charge in [-0.1, -0.05) is 29.8 Å². The molecule has 0 spiro atoms. The van der Waals surface area contributed by atoms with Crippen LogP contribution in [-0.2, 0) is 17.8 Å². The minimum Gasteiger partial charge on any atom is -0.465 e. The molecule has 0 saturated heterocycles. The van der Waals surface area contributed by atoms with Crippen LogP contribution in [0.25, 0.3) is 0 Å². The van der Waals surface area contributed by atoms with E-state index in [4.69, 9.17) is 21.1 Å². The van der Waals surface area contributed by atoms with Crippen LogP contribution in [0.5, 0.6) is 11.5 Å². The second-order valence-electron chi connectivity index (χ2n) is 7.88. The van der Waals surface area contributed by atoms with Crippen LogP contribution in [0, 0.1) is 0 Å². The van der Waals surface area contributed by atoms with Crippen molar-refractivity contribution in [1.29, 1.82) is 0 Å². The first-order chi connectivity index (χ1) is 17.4. The SMILES string of the molecule is CCn1c(=O)cc(Nc2ccc(Oc3cccc(C(=O)OC)c3)cc2)n(Cc2ccc(Cl)cc2)c1=O. The van der Waals surface area contributed by atoms with Gasteiger partial charge in [0.2, 0.25) is 0 Å². The molecule has 184 valence electrons. The smallest absolute Gasteiger partial charge is 0.337 e. The van der Waals surface area contributed by atoms with E-state index in [1.54, 1.807) is 67.6 Å². The summed E-state index contributed by atoms with van der Waals surface area (Å²) in [5.74, 6) is 0.944. The molecule has 0 saturated carbocycles. The van der Waals surface area contributed by atoms with Crippen molar-refractivity contribution < 1.29 is 14.3 Å². The van der Waals surface area contributed by atoms with Crippen LogP contribution < -0.4 is 21.3 Å². The number of hydrogen-bond acceptors (Lipinski definition) is 6. The van der Waals surface area contributed by atoms with Gasteiger partial charge < -0.3 is 14.8 Å². The van der Waals surface area contributed by atoms with E-state index in [9.17, 15) is 14.4 Å². The third-order valence-corrected chi connectivity index (χ3v) is 5.72. The molecule has 0 aliphatic heterocycles. The number of nitrogens with zero attached hydrogens (tertiary/aromatic N) is 2. The Morgan fingerprint density at radius 1 is 0.917 bits per heavy atom. The molecule has 8 nitrogen and oxygen atoms in total. The number of aromatic nitrogens is 2. The van der Waals surface area contributed by atoms with Gasteiger partial charge in [-0.2, -0.15) is 0 Å². The number of carbonyl (C=O) groups is 1. The van der Waals surface area contributed by atoms with Crippen molar-refractivity contribution in [2.24, 2.45) is 0 Å². The third-order valence-electron chi connectivity index (χ3n) is 5.47. The summed E-state index contributed by atoms with van der Waals surface area (Å²) in [4.78, 5) is 37.3. The molecule has 0 atom stereocenters. The van der Waals surface area contributed by atoms with Gasteiger partial charge in [0, 0.05) is 23.3 Å². The monoisotopic (exact) mass is 505 g/mol. The third kappa shape index (κ3) is 5.67. The maximum absolute atomic E-state index is 13.1. The predicted molar refractivity (Wildman–Crippen MR) is 139 cm³/mol. The fourth-order valence-corrected chi connectivity index (χ4v) is 3.76. The molecule has 0 fully saturated rings. The summed E-state index contributed by atoms with van der Waals surface area (Å²) in [6.45, 7) is 2.28. The van der Waals surface area contributed by atoms with Crippen LogP contribution in [0.3, 0.4) is 0 Å². The number of hydrogen-bond donors (Lipinski definition) is 1. The molecule has 4 rings (SSSR count). The van der Waals surface area contributed by atoms with Crippen LogP contribution in [0.15, 0.2) is 88.5 Å². The van der Waals surface area contributed by atoms with Crippen LogP contribution in [0.4, 0.5) is 11.5 Å². The molecule has 0 radical (unpaired) electrons. The number of halogens is 1. The molecule has 36 heavy (non-hydrogen) atoms. The van der Waals surface area contributed by atoms with E-state index in [-0.39, 0.29) is 18.6 Å². The molecule has 0 aliphatic carbocycles. The zero-order valence-electron chi connectivity index (χ0n) is 19.7. The number of benzene rings is 3. The van der Waals surface area contributed by atoms with Crippen molar-refractivity contribution in [2.75, 3.05) is 12.4 Å². The van der Waals surface area contributed by atoms with Crippen molar-refractivity contribution in [3.05, 3.63) is 116 Å². The summed E-state index contributed by atoms with van der Waals surface area (Å²) in [5.41, 5.74) is 1.11. The van der Waals surface area contributed by atoms with Crippen LogP contribution >= 0.6 is 11.6 Å². The highest BCUT2D eigenvalue weighted by Crippen LogP contribution is 2.25. The molecule has 9 heteroatoms. The normalized spacial score (nSPS) is 10.6. The Labute approximate surface area is 212 Å².